The molecule has 2 N–H and O–H groups in total. The first-order chi connectivity index (χ1) is 16.4. The van der Waals surface area contributed by atoms with Gasteiger partial charge in [0.25, 0.3) is 5.91 Å². The van der Waals surface area contributed by atoms with Crippen molar-refractivity contribution >= 4 is 28.3 Å². The summed E-state index contributed by atoms with van der Waals surface area (Å²) in [4.78, 5) is 30.5. The van der Waals surface area contributed by atoms with Crippen LogP contribution in [0.15, 0.2) is 43.0 Å². The van der Waals surface area contributed by atoms with E-state index in [0.29, 0.717) is 24.4 Å². The first-order valence-corrected chi connectivity index (χ1v) is 11.0. The highest BCUT2D eigenvalue weighted by Gasteiger charge is 2.29. The summed E-state index contributed by atoms with van der Waals surface area (Å²) in [6.45, 7) is 1.96. The molecule has 0 fully saturated rings. The number of carbonyl (C=O) groups is 1. The molecular weight excluding hydrogens is 440 g/mol. The first kappa shape index (κ1) is 21.9. The van der Waals surface area contributed by atoms with Crippen molar-refractivity contribution in [1.29, 1.82) is 0 Å². The molecule has 1 atom stereocenters. The van der Waals surface area contributed by atoms with Gasteiger partial charge >= 0.3 is 0 Å². The third kappa shape index (κ3) is 4.07. The molecule has 34 heavy (non-hydrogen) atoms. The Hall–Kier alpha value is -3.95. The fraction of sp³-hybridized carbons (Fsp3) is 0.292. The SMILES string of the molecule is CNc1cc2ncc(-c3cc(NC(=O)c4cnc5n4CC(C(F)F)CC5)cnc3C)cc2cn1. The predicted molar refractivity (Wildman–Crippen MR) is 125 cm³/mol. The normalized spacial score (nSPS) is 15.4. The summed E-state index contributed by atoms with van der Waals surface area (Å²) in [6, 6.07) is 5.67. The fourth-order valence-electron chi connectivity index (χ4n) is 4.24. The molecule has 0 radical (unpaired) electrons. The van der Waals surface area contributed by atoms with Crippen molar-refractivity contribution in [1.82, 2.24) is 24.5 Å². The van der Waals surface area contributed by atoms with E-state index < -0.39 is 18.3 Å². The minimum atomic E-state index is -2.43. The van der Waals surface area contributed by atoms with Gasteiger partial charge < -0.3 is 15.2 Å². The number of carbonyl (C=O) groups excluding carboxylic acids is 1. The Balaban J connectivity index is 1.41. The molecule has 4 aromatic heterocycles. The van der Waals surface area contributed by atoms with Crippen molar-refractivity contribution in [2.45, 2.75) is 32.7 Å². The summed E-state index contributed by atoms with van der Waals surface area (Å²) in [5.74, 6) is 0.199. The van der Waals surface area contributed by atoms with Gasteiger partial charge in [0.2, 0.25) is 6.43 Å². The fourth-order valence-corrected chi connectivity index (χ4v) is 4.24. The van der Waals surface area contributed by atoms with Gasteiger partial charge in [-0.05, 0) is 25.5 Å². The Kier molecular flexibility index (Phi) is 5.64. The molecule has 1 amide bonds. The van der Waals surface area contributed by atoms with E-state index in [0.717, 1.165) is 33.5 Å². The van der Waals surface area contributed by atoms with Gasteiger partial charge in [0.05, 0.1) is 23.6 Å². The highest BCUT2D eigenvalue weighted by Crippen LogP contribution is 2.29. The summed E-state index contributed by atoms with van der Waals surface area (Å²) >= 11 is 0. The number of fused-ring (bicyclic) bond motifs is 2. The van der Waals surface area contributed by atoms with Gasteiger partial charge in [0.15, 0.2) is 0 Å². The van der Waals surface area contributed by atoms with Crippen molar-refractivity contribution in [3.05, 3.63) is 60.2 Å². The third-order valence-electron chi connectivity index (χ3n) is 6.16. The molecule has 0 spiro atoms. The standard InChI is InChI=1S/C24H23F2N7O/c1-13-18(15-5-16-9-30-21(27-2)7-19(16)29-8-15)6-17(10-28-13)32-24(34)20-11-31-22-4-3-14(23(25)26)12-33(20)22/h5-11,14,23H,3-4,12H2,1-2H3,(H,27,30)(H,32,34). The van der Waals surface area contributed by atoms with Gasteiger partial charge in [-0.3, -0.25) is 14.8 Å². The summed E-state index contributed by atoms with van der Waals surface area (Å²) in [7, 11) is 1.80. The third-order valence-corrected chi connectivity index (χ3v) is 6.16. The summed E-state index contributed by atoms with van der Waals surface area (Å²) in [5.41, 5.74) is 4.01. The number of anilines is 2. The second-order valence-electron chi connectivity index (χ2n) is 8.35. The number of imidazole rings is 1. The van der Waals surface area contributed by atoms with Crippen LogP contribution < -0.4 is 10.6 Å². The van der Waals surface area contributed by atoms with Gasteiger partial charge in [0.1, 0.15) is 17.3 Å². The van der Waals surface area contributed by atoms with Crippen molar-refractivity contribution in [3.8, 4) is 11.1 Å². The lowest BCUT2D eigenvalue weighted by Gasteiger charge is -2.24. The van der Waals surface area contributed by atoms with Crippen LogP contribution in [0.5, 0.6) is 0 Å². The zero-order chi connectivity index (χ0) is 23.8. The molecule has 174 valence electrons. The number of rotatable bonds is 5. The van der Waals surface area contributed by atoms with Crippen LogP contribution in [0.1, 0.15) is 28.4 Å². The summed E-state index contributed by atoms with van der Waals surface area (Å²) < 4.78 is 28.0. The minimum absolute atomic E-state index is 0.0826. The van der Waals surface area contributed by atoms with Crippen LogP contribution in [-0.2, 0) is 13.0 Å². The lowest BCUT2D eigenvalue weighted by Crippen LogP contribution is -2.28. The number of alkyl halides is 2. The van der Waals surface area contributed by atoms with Crippen LogP contribution in [0, 0.1) is 12.8 Å². The molecule has 0 bridgehead atoms. The van der Waals surface area contributed by atoms with Crippen molar-refractivity contribution in [3.63, 3.8) is 0 Å². The quantitative estimate of drug-likeness (QED) is 0.458. The molecule has 0 saturated heterocycles. The number of hydrogen-bond acceptors (Lipinski definition) is 6. The Morgan fingerprint density at radius 2 is 1.94 bits per heavy atom. The predicted octanol–water partition coefficient (Wildman–Crippen LogP) is 4.32. The van der Waals surface area contributed by atoms with Crippen LogP contribution in [0.25, 0.3) is 22.0 Å². The first-order valence-electron chi connectivity index (χ1n) is 11.0. The lowest BCUT2D eigenvalue weighted by atomic mass is 10.00. The lowest BCUT2D eigenvalue weighted by molar-refractivity contribution is 0.0551. The van der Waals surface area contributed by atoms with E-state index in [2.05, 4.69) is 30.6 Å². The Morgan fingerprint density at radius 1 is 1.09 bits per heavy atom. The molecular formula is C24H23F2N7O. The average molecular weight is 463 g/mol. The molecule has 5 heterocycles. The van der Waals surface area contributed by atoms with Gasteiger partial charge in [-0.25, -0.2) is 18.7 Å². The van der Waals surface area contributed by atoms with Crippen LogP contribution >= 0.6 is 0 Å². The summed E-state index contributed by atoms with van der Waals surface area (Å²) in [6.07, 6.45) is 4.90. The molecule has 1 aliphatic heterocycles. The second-order valence-corrected chi connectivity index (χ2v) is 8.35. The van der Waals surface area contributed by atoms with Crippen LogP contribution in [0.4, 0.5) is 20.3 Å². The number of amides is 1. The molecule has 0 saturated carbocycles. The Bertz CT molecular complexity index is 1390. The van der Waals surface area contributed by atoms with E-state index in [1.54, 1.807) is 30.2 Å². The number of nitrogens with one attached hydrogen (secondary N) is 2. The van der Waals surface area contributed by atoms with E-state index in [9.17, 15) is 13.6 Å². The van der Waals surface area contributed by atoms with E-state index in [-0.39, 0.29) is 12.2 Å². The van der Waals surface area contributed by atoms with Crippen molar-refractivity contribution in [2.24, 2.45) is 5.92 Å². The molecule has 1 unspecified atom stereocenters. The van der Waals surface area contributed by atoms with Crippen LogP contribution in [-0.4, -0.2) is 43.9 Å². The monoisotopic (exact) mass is 463 g/mol. The molecule has 5 rings (SSSR count). The largest absolute Gasteiger partial charge is 0.373 e. The van der Waals surface area contributed by atoms with Gasteiger partial charge in [-0.2, -0.15) is 0 Å². The van der Waals surface area contributed by atoms with Crippen molar-refractivity contribution < 1.29 is 13.6 Å². The maximum Gasteiger partial charge on any atom is 0.273 e. The smallest absolute Gasteiger partial charge is 0.273 e. The number of aryl methyl sites for hydroxylation is 2. The zero-order valence-corrected chi connectivity index (χ0v) is 18.7. The molecule has 0 aliphatic carbocycles. The highest BCUT2D eigenvalue weighted by molar-refractivity contribution is 6.03. The van der Waals surface area contributed by atoms with E-state index in [1.807, 2.05) is 25.1 Å². The van der Waals surface area contributed by atoms with E-state index >= 15 is 0 Å². The maximum atomic E-state index is 13.2. The molecule has 10 heteroatoms. The van der Waals surface area contributed by atoms with E-state index in [1.165, 1.54) is 6.20 Å². The van der Waals surface area contributed by atoms with Gasteiger partial charge in [-0.15, -0.1) is 0 Å². The topological polar surface area (TPSA) is 97.6 Å². The molecule has 1 aliphatic rings. The van der Waals surface area contributed by atoms with Crippen LogP contribution in [0.2, 0.25) is 0 Å². The Morgan fingerprint density at radius 3 is 2.74 bits per heavy atom. The number of pyridine rings is 3. The molecule has 4 aromatic rings. The summed E-state index contributed by atoms with van der Waals surface area (Å²) in [5, 5.41) is 6.71. The average Bonchev–Trinajstić information content (AvgIpc) is 3.28. The highest BCUT2D eigenvalue weighted by atomic mass is 19.3. The number of nitrogens with zero attached hydrogens (tertiary/aromatic N) is 5. The number of hydrogen-bond donors (Lipinski definition) is 2. The van der Waals surface area contributed by atoms with Gasteiger partial charge in [0, 0.05) is 66.6 Å². The van der Waals surface area contributed by atoms with Crippen molar-refractivity contribution in [2.75, 3.05) is 17.7 Å². The number of aromatic nitrogens is 5. The number of halogens is 2. The zero-order valence-electron chi connectivity index (χ0n) is 18.7. The van der Waals surface area contributed by atoms with Gasteiger partial charge in [-0.1, -0.05) is 0 Å². The van der Waals surface area contributed by atoms with E-state index in [4.69, 9.17) is 0 Å². The van der Waals surface area contributed by atoms with Crippen LogP contribution in [0.3, 0.4) is 0 Å². The molecule has 8 nitrogen and oxygen atoms in total. The Labute approximate surface area is 194 Å². The molecule has 0 aromatic carbocycles. The second kappa shape index (κ2) is 8.77. The maximum absolute atomic E-state index is 13.2. The minimum Gasteiger partial charge on any atom is -0.373 e.